The van der Waals surface area contributed by atoms with Gasteiger partial charge in [-0.15, -0.1) is 0 Å². The van der Waals surface area contributed by atoms with Gasteiger partial charge in [0.2, 0.25) is 0 Å². The molecule has 0 bridgehead atoms. The Morgan fingerprint density at radius 3 is 2.65 bits per heavy atom. The summed E-state index contributed by atoms with van der Waals surface area (Å²) in [5.41, 5.74) is 8.43. The molecule has 2 fully saturated rings. The van der Waals surface area contributed by atoms with Gasteiger partial charge in [-0.2, -0.15) is 5.10 Å². The average Bonchev–Trinajstić information content (AvgIpc) is 3.33. The Labute approximate surface area is 190 Å². The molecule has 10 heteroatoms. The minimum Gasteiger partial charge on any atom is -0.495 e. The molecule has 2 aliphatic rings. The summed E-state index contributed by atoms with van der Waals surface area (Å²) >= 11 is 12.8. The van der Waals surface area contributed by atoms with Crippen molar-refractivity contribution in [1.29, 1.82) is 0 Å². The normalized spacial score (nSPS) is 23.1. The summed E-state index contributed by atoms with van der Waals surface area (Å²) in [6.45, 7) is 4.55. The third kappa shape index (κ3) is 3.33. The number of aromatic nitrogens is 4. The first-order valence-corrected chi connectivity index (χ1v) is 11.0. The number of hydrogen-bond donors (Lipinski definition) is 1. The van der Waals surface area contributed by atoms with Crippen LogP contribution in [-0.4, -0.2) is 58.7 Å². The highest BCUT2D eigenvalue weighted by molar-refractivity contribution is 6.44. The Morgan fingerprint density at radius 2 is 1.97 bits per heavy atom. The van der Waals surface area contributed by atoms with E-state index in [1.165, 1.54) is 0 Å². The van der Waals surface area contributed by atoms with E-state index in [1.54, 1.807) is 36.3 Å². The zero-order valence-electron chi connectivity index (χ0n) is 17.4. The molecule has 3 aromatic rings. The third-order valence-corrected chi connectivity index (χ3v) is 7.52. The summed E-state index contributed by atoms with van der Waals surface area (Å²) in [6, 6.07) is 3.64. The van der Waals surface area contributed by atoms with Crippen molar-refractivity contribution in [3.8, 4) is 11.4 Å². The second-order valence-corrected chi connectivity index (χ2v) is 9.06. The highest BCUT2D eigenvalue weighted by Crippen LogP contribution is 2.42. The number of nitrogens with zero attached hydrogens (tertiary/aromatic N) is 5. The van der Waals surface area contributed by atoms with E-state index in [0.717, 1.165) is 38.4 Å². The maximum atomic E-state index is 6.45. The van der Waals surface area contributed by atoms with Gasteiger partial charge in [0.15, 0.2) is 5.65 Å². The largest absolute Gasteiger partial charge is 0.495 e. The number of hydrogen-bond acceptors (Lipinski definition) is 7. The fourth-order valence-corrected chi connectivity index (χ4v) is 5.10. The van der Waals surface area contributed by atoms with Crippen molar-refractivity contribution in [2.75, 3.05) is 31.7 Å². The minimum atomic E-state index is 0.0721. The Bertz CT molecular complexity index is 1130. The topological polar surface area (TPSA) is 91.3 Å². The van der Waals surface area contributed by atoms with Crippen molar-refractivity contribution >= 4 is 40.2 Å². The number of nitrogens with two attached hydrogens (primary N) is 1. The summed E-state index contributed by atoms with van der Waals surface area (Å²) in [5.74, 6) is 1.34. The van der Waals surface area contributed by atoms with Crippen molar-refractivity contribution in [2.45, 2.75) is 31.9 Å². The molecule has 5 rings (SSSR count). The zero-order valence-corrected chi connectivity index (χ0v) is 18.9. The monoisotopic (exact) mass is 462 g/mol. The second kappa shape index (κ2) is 7.78. The van der Waals surface area contributed by atoms with E-state index in [2.05, 4.69) is 21.9 Å². The van der Waals surface area contributed by atoms with Crippen LogP contribution < -0.4 is 15.4 Å². The van der Waals surface area contributed by atoms with Crippen LogP contribution in [-0.2, 0) is 4.74 Å². The van der Waals surface area contributed by atoms with Gasteiger partial charge in [0.1, 0.15) is 22.1 Å². The summed E-state index contributed by atoms with van der Waals surface area (Å²) in [5, 5.41) is 5.13. The summed E-state index contributed by atoms with van der Waals surface area (Å²) in [6.07, 6.45) is 5.56. The lowest BCUT2D eigenvalue weighted by atomic mass is 9.73. The molecule has 31 heavy (non-hydrogen) atoms. The highest BCUT2D eigenvalue weighted by Gasteiger charge is 2.47. The smallest absolute Gasteiger partial charge is 0.181 e. The number of halogens is 2. The number of fused-ring (bicyclic) bond motifs is 1. The first-order chi connectivity index (χ1) is 14.9. The molecule has 2 saturated heterocycles. The molecule has 0 unspecified atom stereocenters. The Morgan fingerprint density at radius 1 is 1.19 bits per heavy atom. The van der Waals surface area contributed by atoms with Crippen LogP contribution in [0.15, 0.2) is 24.5 Å². The third-order valence-electron chi connectivity index (χ3n) is 6.67. The first kappa shape index (κ1) is 20.8. The van der Waals surface area contributed by atoms with Gasteiger partial charge in [-0.1, -0.05) is 23.2 Å². The van der Waals surface area contributed by atoms with E-state index in [4.69, 9.17) is 43.4 Å². The van der Waals surface area contributed by atoms with Crippen molar-refractivity contribution in [1.82, 2.24) is 19.7 Å². The van der Waals surface area contributed by atoms with Gasteiger partial charge < -0.3 is 20.1 Å². The van der Waals surface area contributed by atoms with Crippen LogP contribution >= 0.6 is 23.2 Å². The van der Waals surface area contributed by atoms with Crippen LogP contribution in [0.5, 0.6) is 5.75 Å². The maximum Gasteiger partial charge on any atom is 0.181 e. The van der Waals surface area contributed by atoms with E-state index in [0.29, 0.717) is 32.6 Å². The second-order valence-electron chi connectivity index (χ2n) is 8.30. The predicted molar refractivity (Wildman–Crippen MR) is 121 cm³/mol. The quantitative estimate of drug-likeness (QED) is 0.636. The number of methoxy groups -OCH3 is 1. The number of anilines is 1. The number of benzene rings is 1. The van der Waals surface area contributed by atoms with Gasteiger partial charge >= 0.3 is 0 Å². The van der Waals surface area contributed by atoms with Crippen LogP contribution in [0.2, 0.25) is 10.0 Å². The van der Waals surface area contributed by atoms with E-state index in [9.17, 15) is 0 Å². The molecule has 2 aliphatic heterocycles. The van der Waals surface area contributed by atoms with Crippen molar-refractivity contribution in [3.63, 3.8) is 0 Å². The lowest BCUT2D eigenvalue weighted by Gasteiger charge is -2.41. The van der Waals surface area contributed by atoms with Gasteiger partial charge in [0.25, 0.3) is 0 Å². The van der Waals surface area contributed by atoms with E-state index >= 15 is 0 Å². The van der Waals surface area contributed by atoms with Gasteiger partial charge in [-0.3, -0.25) is 0 Å². The SMILES string of the molecule is COc1ccc(-n2ncc3nc(N4CCC5(CC4)CO[C@@H](C)[C@H]5N)cnc32)c(Cl)c1Cl. The molecule has 0 radical (unpaired) electrons. The van der Waals surface area contributed by atoms with Crippen LogP contribution in [0.3, 0.4) is 0 Å². The van der Waals surface area contributed by atoms with Crippen molar-refractivity contribution < 1.29 is 9.47 Å². The van der Waals surface area contributed by atoms with Crippen LogP contribution in [0, 0.1) is 5.41 Å². The lowest BCUT2D eigenvalue weighted by Crippen LogP contribution is -2.50. The summed E-state index contributed by atoms with van der Waals surface area (Å²) in [7, 11) is 1.55. The van der Waals surface area contributed by atoms with Gasteiger partial charge in [0, 0.05) is 24.5 Å². The molecule has 2 N–H and O–H groups in total. The molecule has 1 spiro atoms. The first-order valence-electron chi connectivity index (χ1n) is 10.3. The molecular weight excluding hydrogens is 439 g/mol. The average molecular weight is 463 g/mol. The molecule has 164 valence electrons. The maximum absolute atomic E-state index is 6.45. The number of piperidine rings is 1. The van der Waals surface area contributed by atoms with E-state index in [1.807, 2.05) is 0 Å². The number of rotatable bonds is 3. The zero-order chi connectivity index (χ0) is 21.8. The molecule has 0 saturated carbocycles. The molecular formula is C21H24Cl2N6O2. The van der Waals surface area contributed by atoms with Crippen molar-refractivity contribution in [3.05, 3.63) is 34.6 Å². The molecule has 8 nitrogen and oxygen atoms in total. The molecule has 0 aliphatic carbocycles. The van der Waals surface area contributed by atoms with Crippen molar-refractivity contribution in [2.24, 2.45) is 11.1 Å². The van der Waals surface area contributed by atoms with Gasteiger partial charge in [-0.25, -0.2) is 14.6 Å². The molecule has 2 atom stereocenters. The van der Waals surface area contributed by atoms with Crippen LogP contribution in [0.1, 0.15) is 19.8 Å². The summed E-state index contributed by atoms with van der Waals surface area (Å²) in [4.78, 5) is 11.7. The summed E-state index contributed by atoms with van der Waals surface area (Å²) < 4.78 is 12.7. The molecule has 2 aromatic heterocycles. The number of ether oxygens (including phenoxy) is 2. The Balaban J connectivity index is 1.40. The standard InChI is InChI=1S/C21H24Cl2N6O2/c1-12-19(24)21(11-31-12)5-7-28(8-6-21)16-10-25-20-13(27-16)9-26-29(20)14-3-4-15(30-2)18(23)17(14)22/h3-4,9-10,12,19H,5-8,11,24H2,1-2H3/t12-,19+/m0/s1. The fourth-order valence-electron chi connectivity index (χ4n) is 4.63. The highest BCUT2D eigenvalue weighted by atomic mass is 35.5. The Hall–Kier alpha value is -2.13. The molecule has 4 heterocycles. The van der Waals surface area contributed by atoms with E-state index < -0.39 is 0 Å². The predicted octanol–water partition coefficient (Wildman–Crippen LogP) is 3.46. The van der Waals surface area contributed by atoms with Gasteiger partial charge in [-0.05, 0) is 31.9 Å². The van der Waals surface area contributed by atoms with Gasteiger partial charge in [0.05, 0.1) is 42.9 Å². The molecule has 0 amide bonds. The van der Waals surface area contributed by atoms with Crippen LogP contribution in [0.25, 0.3) is 16.9 Å². The van der Waals surface area contributed by atoms with E-state index in [-0.39, 0.29) is 17.6 Å². The lowest BCUT2D eigenvalue weighted by molar-refractivity contribution is 0.0974. The van der Waals surface area contributed by atoms with Crippen LogP contribution in [0.4, 0.5) is 5.82 Å². The molecule has 1 aromatic carbocycles. The minimum absolute atomic E-state index is 0.0721. The fraction of sp³-hybridized carbons (Fsp3) is 0.476. The Kier molecular flexibility index (Phi) is 5.21.